The summed E-state index contributed by atoms with van der Waals surface area (Å²) in [5.74, 6) is 0. The van der Waals surface area contributed by atoms with Crippen LogP contribution in [0.15, 0.2) is 53.4 Å². The Kier molecular flexibility index (Phi) is 6.76. The Balaban J connectivity index is 2.06. The maximum Gasteiger partial charge on any atom is 0.243 e. The van der Waals surface area contributed by atoms with Gasteiger partial charge in [0.25, 0.3) is 0 Å². The van der Waals surface area contributed by atoms with Crippen molar-refractivity contribution in [3.05, 3.63) is 65.2 Å². The highest BCUT2D eigenvalue weighted by Crippen LogP contribution is 2.19. The molecule has 1 atom stereocenters. The van der Waals surface area contributed by atoms with Gasteiger partial charge in [-0.1, -0.05) is 55.8 Å². The van der Waals surface area contributed by atoms with Crippen molar-refractivity contribution in [2.24, 2.45) is 0 Å². The Bertz CT molecular complexity index is 782. The molecule has 2 aromatic rings. The Morgan fingerprint density at radius 2 is 1.68 bits per heavy atom. The van der Waals surface area contributed by atoms with E-state index in [0.717, 1.165) is 12.1 Å². The summed E-state index contributed by atoms with van der Waals surface area (Å²) < 4.78 is 26.5. The molecule has 2 aromatic carbocycles. The summed E-state index contributed by atoms with van der Waals surface area (Å²) >= 11 is 0. The van der Waals surface area contributed by atoms with Crippen molar-refractivity contribution in [2.45, 2.75) is 45.2 Å². The molecular weight excluding hydrogens is 332 g/mol. The largest absolute Gasteiger partial charge is 0.306 e. The smallest absolute Gasteiger partial charge is 0.243 e. The molecule has 0 heterocycles. The molecule has 0 amide bonds. The Labute approximate surface area is 151 Å². The van der Waals surface area contributed by atoms with E-state index in [4.69, 9.17) is 0 Å². The van der Waals surface area contributed by atoms with Crippen LogP contribution in [0.5, 0.6) is 0 Å². The predicted octanol–water partition coefficient (Wildman–Crippen LogP) is 3.88. The molecule has 0 aromatic heterocycles. The van der Waals surface area contributed by atoms with Crippen LogP contribution in [0.1, 0.15) is 43.5 Å². The van der Waals surface area contributed by atoms with Crippen LogP contribution in [-0.4, -0.2) is 25.8 Å². The van der Waals surface area contributed by atoms with Gasteiger partial charge in [-0.15, -0.1) is 0 Å². The summed E-state index contributed by atoms with van der Waals surface area (Å²) in [6.07, 6.45) is 0. The minimum atomic E-state index is -3.39. The van der Waals surface area contributed by atoms with E-state index < -0.39 is 10.0 Å². The third-order valence-electron chi connectivity index (χ3n) is 4.42. The fourth-order valence-electron chi connectivity index (χ4n) is 2.85. The van der Waals surface area contributed by atoms with Gasteiger partial charge in [0, 0.05) is 25.7 Å². The average Bonchev–Trinajstić information content (AvgIpc) is 2.60. The summed E-state index contributed by atoms with van der Waals surface area (Å²) in [7, 11) is -3.39. The minimum Gasteiger partial charge on any atom is -0.306 e. The van der Waals surface area contributed by atoms with E-state index in [1.807, 2.05) is 26.0 Å². The third kappa shape index (κ3) is 4.91. The van der Waals surface area contributed by atoms with Crippen LogP contribution in [0.25, 0.3) is 0 Å². The number of hydrogen-bond donors (Lipinski definition) is 1. The molecular formula is C20H28N2O2S. The summed E-state index contributed by atoms with van der Waals surface area (Å²) in [5.41, 5.74) is 3.57. The lowest BCUT2D eigenvalue weighted by Crippen LogP contribution is -2.30. The maximum atomic E-state index is 12.5. The van der Waals surface area contributed by atoms with Crippen molar-refractivity contribution in [1.82, 2.24) is 9.62 Å². The highest BCUT2D eigenvalue weighted by atomic mass is 32.2. The van der Waals surface area contributed by atoms with Crippen molar-refractivity contribution >= 4 is 10.0 Å². The third-order valence-corrected chi connectivity index (χ3v) is 6.48. The van der Waals surface area contributed by atoms with Crippen LogP contribution in [0.3, 0.4) is 0 Å². The fourth-order valence-corrected chi connectivity index (χ4v) is 4.31. The second-order valence-electron chi connectivity index (χ2n) is 6.25. The number of rotatable bonds is 8. The standard InChI is InChI=1S/C20H28N2O2S/c1-5-22(6-2)25(23,24)20-12-10-19(11-13-20)17(4)21-15-18-9-7-8-16(3)14-18/h7-14,17,21H,5-6,15H2,1-4H3. The molecule has 0 saturated heterocycles. The molecule has 0 aliphatic heterocycles. The lowest BCUT2D eigenvalue weighted by atomic mass is 10.1. The zero-order valence-corrected chi connectivity index (χ0v) is 16.3. The predicted molar refractivity (Wildman–Crippen MR) is 103 cm³/mol. The number of hydrogen-bond acceptors (Lipinski definition) is 3. The summed E-state index contributed by atoms with van der Waals surface area (Å²) in [5, 5.41) is 3.49. The van der Waals surface area contributed by atoms with Gasteiger partial charge in [-0.05, 0) is 37.1 Å². The van der Waals surface area contributed by atoms with Crippen molar-refractivity contribution in [2.75, 3.05) is 13.1 Å². The van der Waals surface area contributed by atoms with Crippen LogP contribution in [-0.2, 0) is 16.6 Å². The highest BCUT2D eigenvalue weighted by molar-refractivity contribution is 7.89. The Morgan fingerprint density at radius 1 is 1.04 bits per heavy atom. The first-order valence-corrected chi connectivity index (χ1v) is 10.2. The molecule has 0 aliphatic carbocycles. The van der Waals surface area contributed by atoms with Crippen LogP contribution in [0, 0.1) is 6.92 Å². The molecule has 2 rings (SSSR count). The molecule has 0 radical (unpaired) electrons. The molecule has 136 valence electrons. The molecule has 1 unspecified atom stereocenters. The van der Waals surface area contributed by atoms with Crippen molar-refractivity contribution in [1.29, 1.82) is 0 Å². The molecule has 1 N–H and O–H groups in total. The van der Waals surface area contributed by atoms with E-state index in [1.165, 1.54) is 15.4 Å². The summed E-state index contributed by atoms with van der Waals surface area (Å²) in [6, 6.07) is 15.7. The van der Waals surface area contributed by atoms with E-state index in [2.05, 4.69) is 43.4 Å². The van der Waals surface area contributed by atoms with E-state index in [-0.39, 0.29) is 6.04 Å². The molecule has 0 spiro atoms. The van der Waals surface area contributed by atoms with Gasteiger partial charge in [-0.2, -0.15) is 4.31 Å². The zero-order valence-electron chi connectivity index (χ0n) is 15.5. The molecule has 0 aliphatic rings. The average molecular weight is 361 g/mol. The Morgan fingerprint density at radius 3 is 2.24 bits per heavy atom. The summed E-state index contributed by atoms with van der Waals surface area (Å²) in [6.45, 7) is 9.62. The lowest BCUT2D eigenvalue weighted by Gasteiger charge is -2.19. The van der Waals surface area contributed by atoms with Gasteiger partial charge in [0.05, 0.1) is 4.90 Å². The topological polar surface area (TPSA) is 49.4 Å². The lowest BCUT2D eigenvalue weighted by molar-refractivity contribution is 0.445. The second kappa shape index (κ2) is 8.61. The van der Waals surface area contributed by atoms with Crippen molar-refractivity contribution < 1.29 is 8.42 Å². The molecule has 25 heavy (non-hydrogen) atoms. The first kappa shape index (κ1) is 19.6. The normalized spacial score (nSPS) is 13.2. The van der Waals surface area contributed by atoms with Gasteiger partial charge >= 0.3 is 0 Å². The van der Waals surface area contributed by atoms with Gasteiger partial charge in [0.15, 0.2) is 0 Å². The van der Waals surface area contributed by atoms with Gasteiger partial charge < -0.3 is 5.32 Å². The second-order valence-corrected chi connectivity index (χ2v) is 8.19. The van der Waals surface area contributed by atoms with Crippen molar-refractivity contribution in [3.63, 3.8) is 0 Å². The first-order chi connectivity index (χ1) is 11.9. The van der Waals surface area contributed by atoms with Crippen LogP contribution in [0.2, 0.25) is 0 Å². The van der Waals surface area contributed by atoms with Crippen LogP contribution < -0.4 is 5.32 Å². The monoisotopic (exact) mass is 360 g/mol. The van der Waals surface area contributed by atoms with Gasteiger partial charge in [-0.3, -0.25) is 0 Å². The van der Waals surface area contributed by atoms with E-state index >= 15 is 0 Å². The molecule has 0 bridgehead atoms. The number of sulfonamides is 1. The molecule has 0 fully saturated rings. The SMILES string of the molecule is CCN(CC)S(=O)(=O)c1ccc(C(C)NCc2cccc(C)c2)cc1. The van der Waals surface area contributed by atoms with E-state index in [0.29, 0.717) is 18.0 Å². The molecule has 0 saturated carbocycles. The van der Waals surface area contributed by atoms with E-state index in [9.17, 15) is 8.42 Å². The van der Waals surface area contributed by atoms with Crippen molar-refractivity contribution in [3.8, 4) is 0 Å². The zero-order chi connectivity index (χ0) is 18.4. The molecule has 5 heteroatoms. The Hall–Kier alpha value is -1.69. The number of aryl methyl sites for hydroxylation is 1. The maximum absolute atomic E-state index is 12.5. The van der Waals surface area contributed by atoms with Gasteiger partial charge in [-0.25, -0.2) is 8.42 Å². The van der Waals surface area contributed by atoms with Crippen LogP contribution in [0.4, 0.5) is 0 Å². The quantitative estimate of drug-likeness (QED) is 0.777. The highest BCUT2D eigenvalue weighted by Gasteiger charge is 2.21. The fraction of sp³-hybridized carbons (Fsp3) is 0.400. The molecule has 4 nitrogen and oxygen atoms in total. The van der Waals surface area contributed by atoms with E-state index in [1.54, 1.807) is 12.1 Å². The number of benzene rings is 2. The first-order valence-electron chi connectivity index (χ1n) is 8.77. The number of nitrogens with zero attached hydrogens (tertiary/aromatic N) is 1. The number of nitrogens with one attached hydrogen (secondary N) is 1. The minimum absolute atomic E-state index is 0.144. The van der Waals surface area contributed by atoms with Crippen LogP contribution >= 0.6 is 0 Å². The summed E-state index contributed by atoms with van der Waals surface area (Å²) in [4.78, 5) is 0.353. The van der Waals surface area contributed by atoms with Gasteiger partial charge in [0.2, 0.25) is 10.0 Å². The van der Waals surface area contributed by atoms with Gasteiger partial charge in [0.1, 0.15) is 0 Å².